The van der Waals surface area contributed by atoms with Crippen LogP contribution in [0, 0.1) is 23.7 Å². The van der Waals surface area contributed by atoms with Gasteiger partial charge in [0.1, 0.15) is 0 Å². The summed E-state index contributed by atoms with van der Waals surface area (Å²) in [6.45, 7) is 4.72. The van der Waals surface area contributed by atoms with Crippen LogP contribution in [0.1, 0.15) is 58.8 Å². The largest absolute Gasteiger partial charge is 0.176 e. The first kappa shape index (κ1) is 14.1. The van der Waals surface area contributed by atoms with Gasteiger partial charge < -0.3 is 0 Å². The lowest BCUT2D eigenvalue weighted by molar-refractivity contribution is 0.209. The molecule has 0 aromatic carbocycles. The molecule has 2 fully saturated rings. The molecule has 0 bridgehead atoms. The zero-order chi connectivity index (χ0) is 12.4. The maximum absolute atomic E-state index is 4.75. The summed E-state index contributed by atoms with van der Waals surface area (Å²) in [5, 5.41) is 1.31. The summed E-state index contributed by atoms with van der Waals surface area (Å²) in [7, 11) is 0. The van der Waals surface area contributed by atoms with E-state index < -0.39 is 0 Å². The van der Waals surface area contributed by atoms with E-state index in [1.54, 1.807) is 0 Å². The molecule has 2 saturated carbocycles. The Morgan fingerprint density at radius 2 is 1.18 bits per heavy atom. The first-order valence-electron chi connectivity index (χ1n) is 7.42. The summed E-state index contributed by atoms with van der Waals surface area (Å²) < 4.78 is 0. The van der Waals surface area contributed by atoms with Gasteiger partial charge in [0.2, 0.25) is 0 Å². The molecule has 0 aromatic rings. The molecule has 2 heteroatoms. The van der Waals surface area contributed by atoms with Crippen LogP contribution in [0.4, 0.5) is 0 Å². The van der Waals surface area contributed by atoms with Gasteiger partial charge in [0.05, 0.1) is 0 Å². The van der Waals surface area contributed by atoms with Crippen molar-refractivity contribution < 1.29 is 0 Å². The molecule has 17 heavy (non-hydrogen) atoms. The summed E-state index contributed by atoms with van der Waals surface area (Å²) in [5.74, 6) is 3.57. The molecule has 6 unspecified atom stereocenters. The highest BCUT2D eigenvalue weighted by Crippen LogP contribution is 2.40. The Balaban J connectivity index is 1.78. The summed E-state index contributed by atoms with van der Waals surface area (Å²) in [5.41, 5.74) is 0. The second-order valence-electron chi connectivity index (χ2n) is 6.68. The van der Waals surface area contributed by atoms with E-state index in [4.69, 9.17) is 25.3 Å². The van der Waals surface area contributed by atoms with Crippen LogP contribution >= 0.6 is 25.3 Å². The van der Waals surface area contributed by atoms with Gasteiger partial charge in [-0.3, -0.25) is 0 Å². The van der Waals surface area contributed by atoms with Gasteiger partial charge in [-0.2, -0.15) is 25.3 Å². The van der Waals surface area contributed by atoms with Crippen molar-refractivity contribution in [2.45, 2.75) is 69.3 Å². The Hall–Kier alpha value is 0.700. The summed E-state index contributed by atoms with van der Waals surface area (Å²) >= 11 is 9.50. The fourth-order valence-corrected chi connectivity index (χ4v) is 4.56. The van der Waals surface area contributed by atoms with Crippen LogP contribution in [0.15, 0.2) is 0 Å². The SMILES string of the molecule is CC1CCC(CC2CCC(C)C(S)C2)CC1S. The van der Waals surface area contributed by atoms with E-state index >= 15 is 0 Å². The maximum Gasteiger partial charge on any atom is 0.00450 e. The lowest BCUT2D eigenvalue weighted by atomic mass is 9.73. The molecule has 6 atom stereocenters. The monoisotopic (exact) mass is 272 g/mol. The van der Waals surface area contributed by atoms with E-state index in [1.165, 1.54) is 44.9 Å². The third-order valence-electron chi connectivity index (χ3n) is 5.19. The Bertz CT molecular complexity index is 217. The Morgan fingerprint density at radius 1 is 0.765 bits per heavy atom. The predicted octanol–water partition coefficient (Wildman–Crippen LogP) is 4.85. The minimum atomic E-state index is 0.656. The highest BCUT2D eigenvalue weighted by atomic mass is 32.1. The molecular weight excluding hydrogens is 244 g/mol. The third kappa shape index (κ3) is 3.83. The average Bonchev–Trinajstić information content (AvgIpc) is 2.29. The van der Waals surface area contributed by atoms with Crippen molar-refractivity contribution in [1.82, 2.24) is 0 Å². The molecule has 0 radical (unpaired) electrons. The van der Waals surface area contributed by atoms with E-state index in [2.05, 4.69) is 13.8 Å². The van der Waals surface area contributed by atoms with Gasteiger partial charge in [-0.1, -0.05) is 26.7 Å². The van der Waals surface area contributed by atoms with Gasteiger partial charge in [-0.05, 0) is 55.8 Å². The molecule has 100 valence electrons. The fraction of sp³-hybridized carbons (Fsp3) is 1.00. The first-order valence-corrected chi connectivity index (χ1v) is 8.45. The quantitative estimate of drug-likeness (QED) is 0.660. The molecule has 2 aliphatic rings. The lowest BCUT2D eigenvalue weighted by Crippen LogP contribution is -2.28. The molecule has 0 heterocycles. The van der Waals surface area contributed by atoms with Crippen LogP contribution in [0.2, 0.25) is 0 Å². The van der Waals surface area contributed by atoms with Crippen molar-refractivity contribution >= 4 is 25.3 Å². The van der Waals surface area contributed by atoms with Crippen LogP contribution in [-0.2, 0) is 0 Å². The normalized spacial score (nSPS) is 48.0. The number of thiol groups is 2. The standard InChI is InChI=1S/C15H28S2/c1-10-3-5-12(8-14(10)16)7-13-6-4-11(2)15(17)9-13/h10-17H,3-9H2,1-2H3. The van der Waals surface area contributed by atoms with Crippen molar-refractivity contribution in [2.24, 2.45) is 23.7 Å². The van der Waals surface area contributed by atoms with E-state index in [-0.39, 0.29) is 0 Å². The van der Waals surface area contributed by atoms with Crippen LogP contribution in [0.3, 0.4) is 0 Å². The first-order chi connectivity index (χ1) is 8.06. The minimum Gasteiger partial charge on any atom is -0.176 e. The van der Waals surface area contributed by atoms with Crippen LogP contribution in [0.25, 0.3) is 0 Å². The second kappa shape index (κ2) is 6.23. The summed E-state index contributed by atoms with van der Waals surface area (Å²) in [6.07, 6.45) is 9.84. The molecular formula is C15H28S2. The molecule has 0 N–H and O–H groups in total. The zero-order valence-electron chi connectivity index (χ0n) is 11.3. The summed E-state index contributed by atoms with van der Waals surface area (Å²) in [4.78, 5) is 0. The van der Waals surface area contributed by atoms with Crippen molar-refractivity contribution in [2.75, 3.05) is 0 Å². The lowest BCUT2D eigenvalue weighted by Gasteiger charge is -2.37. The van der Waals surface area contributed by atoms with Crippen LogP contribution in [-0.4, -0.2) is 10.5 Å². The summed E-state index contributed by atoms with van der Waals surface area (Å²) in [6, 6.07) is 0. The molecule has 0 amide bonds. The van der Waals surface area contributed by atoms with Gasteiger partial charge in [-0.25, -0.2) is 0 Å². The Labute approximate surface area is 118 Å². The van der Waals surface area contributed by atoms with E-state index in [9.17, 15) is 0 Å². The molecule has 0 aliphatic heterocycles. The maximum atomic E-state index is 4.75. The molecule has 0 nitrogen and oxygen atoms in total. The number of rotatable bonds is 2. The van der Waals surface area contributed by atoms with Gasteiger partial charge >= 0.3 is 0 Å². The Morgan fingerprint density at radius 3 is 1.53 bits per heavy atom. The molecule has 0 saturated heterocycles. The van der Waals surface area contributed by atoms with Crippen molar-refractivity contribution in [3.63, 3.8) is 0 Å². The molecule has 2 rings (SSSR count). The fourth-order valence-electron chi connectivity index (χ4n) is 3.66. The van der Waals surface area contributed by atoms with Crippen LogP contribution < -0.4 is 0 Å². The second-order valence-corrected chi connectivity index (χ2v) is 8.01. The van der Waals surface area contributed by atoms with Crippen LogP contribution in [0.5, 0.6) is 0 Å². The van der Waals surface area contributed by atoms with Crippen molar-refractivity contribution in [3.8, 4) is 0 Å². The highest BCUT2D eigenvalue weighted by Gasteiger charge is 2.30. The van der Waals surface area contributed by atoms with Crippen molar-refractivity contribution in [3.05, 3.63) is 0 Å². The zero-order valence-corrected chi connectivity index (χ0v) is 13.1. The van der Waals surface area contributed by atoms with Gasteiger partial charge in [-0.15, -0.1) is 0 Å². The van der Waals surface area contributed by atoms with Crippen molar-refractivity contribution in [1.29, 1.82) is 0 Å². The van der Waals surface area contributed by atoms with E-state index in [1.807, 2.05) is 0 Å². The number of hydrogen-bond donors (Lipinski definition) is 2. The molecule has 0 aromatic heterocycles. The van der Waals surface area contributed by atoms with Gasteiger partial charge in [0.15, 0.2) is 0 Å². The van der Waals surface area contributed by atoms with Gasteiger partial charge in [0, 0.05) is 10.5 Å². The number of hydrogen-bond acceptors (Lipinski definition) is 2. The smallest absolute Gasteiger partial charge is 0.00450 e. The highest BCUT2D eigenvalue weighted by molar-refractivity contribution is 7.81. The van der Waals surface area contributed by atoms with E-state index in [0.717, 1.165) is 23.7 Å². The molecule has 2 aliphatic carbocycles. The Kier molecular flexibility index (Phi) is 5.18. The third-order valence-corrected chi connectivity index (χ3v) is 6.63. The predicted molar refractivity (Wildman–Crippen MR) is 83.2 cm³/mol. The van der Waals surface area contributed by atoms with E-state index in [0.29, 0.717) is 10.5 Å². The molecule has 0 spiro atoms. The van der Waals surface area contributed by atoms with Gasteiger partial charge in [0.25, 0.3) is 0 Å². The topological polar surface area (TPSA) is 0 Å². The average molecular weight is 273 g/mol. The minimum absolute atomic E-state index is 0.656.